The smallest absolute Gasteiger partial charge is 0.231 e. The molecule has 3 heterocycles. The van der Waals surface area contributed by atoms with Crippen LogP contribution in [0.5, 0.6) is 23.0 Å². The topological polar surface area (TPSA) is 69.8 Å². The SMILES string of the molecule is O=c1c(Cc2ccc3c(c2)OCO3)c(-c2ccc3c(c2)OCO3)[nH]c2ccccc12. The van der Waals surface area contributed by atoms with Gasteiger partial charge in [0.2, 0.25) is 13.6 Å². The third-order valence-corrected chi connectivity index (χ3v) is 5.49. The molecule has 6 nitrogen and oxygen atoms in total. The summed E-state index contributed by atoms with van der Waals surface area (Å²) in [4.78, 5) is 16.9. The molecule has 0 spiro atoms. The number of H-pyrrole nitrogens is 1. The van der Waals surface area contributed by atoms with Crippen molar-refractivity contribution in [2.45, 2.75) is 6.42 Å². The highest BCUT2D eigenvalue weighted by molar-refractivity contribution is 5.83. The van der Waals surface area contributed by atoms with Gasteiger partial charge in [-0.2, -0.15) is 0 Å². The number of aromatic amines is 1. The average molecular weight is 399 g/mol. The highest BCUT2D eigenvalue weighted by Crippen LogP contribution is 2.37. The van der Waals surface area contributed by atoms with Gasteiger partial charge in [-0.05, 0) is 48.0 Å². The van der Waals surface area contributed by atoms with E-state index < -0.39 is 0 Å². The number of hydrogen-bond acceptors (Lipinski definition) is 5. The quantitative estimate of drug-likeness (QED) is 0.558. The molecule has 0 fully saturated rings. The number of fused-ring (bicyclic) bond motifs is 3. The lowest BCUT2D eigenvalue weighted by Crippen LogP contribution is -2.13. The second kappa shape index (κ2) is 6.56. The molecule has 0 atom stereocenters. The number of rotatable bonds is 3. The molecule has 30 heavy (non-hydrogen) atoms. The summed E-state index contributed by atoms with van der Waals surface area (Å²) in [7, 11) is 0. The van der Waals surface area contributed by atoms with Crippen LogP contribution in [0.15, 0.2) is 65.5 Å². The molecule has 148 valence electrons. The highest BCUT2D eigenvalue weighted by atomic mass is 16.7. The number of hydrogen-bond donors (Lipinski definition) is 1. The molecule has 6 heteroatoms. The number of para-hydroxylation sites is 1. The van der Waals surface area contributed by atoms with Gasteiger partial charge in [-0.1, -0.05) is 18.2 Å². The Morgan fingerprint density at radius 1 is 0.767 bits per heavy atom. The van der Waals surface area contributed by atoms with Gasteiger partial charge in [-0.15, -0.1) is 0 Å². The van der Waals surface area contributed by atoms with Crippen molar-refractivity contribution in [1.82, 2.24) is 4.98 Å². The van der Waals surface area contributed by atoms with E-state index in [4.69, 9.17) is 18.9 Å². The number of pyridine rings is 1. The van der Waals surface area contributed by atoms with Crippen molar-refractivity contribution in [3.63, 3.8) is 0 Å². The Morgan fingerprint density at radius 2 is 1.47 bits per heavy atom. The third kappa shape index (κ3) is 2.69. The maximum Gasteiger partial charge on any atom is 0.231 e. The van der Waals surface area contributed by atoms with E-state index in [1.165, 1.54) is 0 Å². The summed E-state index contributed by atoms with van der Waals surface area (Å²) < 4.78 is 21.9. The Morgan fingerprint density at radius 3 is 2.30 bits per heavy atom. The van der Waals surface area contributed by atoms with Gasteiger partial charge in [0.1, 0.15) is 0 Å². The zero-order valence-electron chi connectivity index (χ0n) is 15.9. The van der Waals surface area contributed by atoms with Crippen molar-refractivity contribution in [1.29, 1.82) is 0 Å². The second-order valence-electron chi connectivity index (χ2n) is 7.29. The molecule has 4 aromatic rings. The van der Waals surface area contributed by atoms with Gasteiger partial charge < -0.3 is 23.9 Å². The van der Waals surface area contributed by atoms with Crippen LogP contribution >= 0.6 is 0 Å². The van der Waals surface area contributed by atoms with Crippen molar-refractivity contribution in [2.75, 3.05) is 13.6 Å². The molecule has 0 unspecified atom stereocenters. The van der Waals surface area contributed by atoms with Crippen LogP contribution in [-0.2, 0) is 6.42 Å². The first-order valence-corrected chi connectivity index (χ1v) is 9.69. The van der Waals surface area contributed by atoms with Gasteiger partial charge >= 0.3 is 0 Å². The maximum atomic E-state index is 13.5. The van der Waals surface area contributed by atoms with E-state index in [1.807, 2.05) is 60.7 Å². The van der Waals surface area contributed by atoms with Gasteiger partial charge in [-0.3, -0.25) is 4.79 Å². The predicted molar refractivity (Wildman–Crippen MR) is 111 cm³/mol. The zero-order chi connectivity index (χ0) is 20.1. The lowest BCUT2D eigenvalue weighted by atomic mass is 9.96. The summed E-state index contributed by atoms with van der Waals surface area (Å²) in [6.45, 7) is 0.425. The monoisotopic (exact) mass is 399 g/mol. The largest absolute Gasteiger partial charge is 0.454 e. The van der Waals surface area contributed by atoms with Crippen molar-refractivity contribution < 1.29 is 18.9 Å². The third-order valence-electron chi connectivity index (χ3n) is 5.49. The lowest BCUT2D eigenvalue weighted by molar-refractivity contribution is 0.173. The summed E-state index contributed by atoms with van der Waals surface area (Å²) in [6, 6.07) is 19.1. The Balaban J connectivity index is 1.53. The Labute approximate surface area is 171 Å². The van der Waals surface area contributed by atoms with Gasteiger partial charge in [0.15, 0.2) is 28.4 Å². The molecule has 6 rings (SSSR count). The van der Waals surface area contributed by atoms with Crippen LogP contribution in [0, 0.1) is 0 Å². The molecule has 2 aliphatic heterocycles. The van der Waals surface area contributed by atoms with E-state index in [0.717, 1.165) is 28.1 Å². The number of aromatic nitrogens is 1. The Kier molecular flexibility index (Phi) is 3.71. The predicted octanol–water partition coefficient (Wildman–Crippen LogP) is 4.24. The average Bonchev–Trinajstić information content (AvgIpc) is 3.44. The molecule has 2 aliphatic rings. The maximum absolute atomic E-state index is 13.5. The van der Waals surface area contributed by atoms with Crippen LogP contribution in [0.25, 0.3) is 22.2 Å². The molecule has 1 N–H and O–H groups in total. The summed E-state index contributed by atoms with van der Waals surface area (Å²) in [5, 5.41) is 0.665. The van der Waals surface area contributed by atoms with Crippen LogP contribution < -0.4 is 24.4 Å². The van der Waals surface area contributed by atoms with Crippen LogP contribution in [0.1, 0.15) is 11.1 Å². The molecule has 0 bridgehead atoms. The zero-order valence-corrected chi connectivity index (χ0v) is 15.9. The fraction of sp³-hybridized carbons (Fsp3) is 0.125. The van der Waals surface area contributed by atoms with Gasteiger partial charge in [0.05, 0.1) is 5.69 Å². The normalized spacial score (nSPS) is 13.7. The second-order valence-corrected chi connectivity index (χ2v) is 7.29. The first-order valence-electron chi connectivity index (χ1n) is 9.69. The van der Waals surface area contributed by atoms with Crippen LogP contribution in [0.2, 0.25) is 0 Å². The van der Waals surface area contributed by atoms with Crippen LogP contribution in [-0.4, -0.2) is 18.6 Å². The first kappa shape index (κ1) is 17.0. The Bertz CT molecular complexity index is 1360. The minimum absolute atomic E-state index is 0.00897. The number of ether oxygens (including phenoxy) is 4. The van der Waals surface area contributed by atoms with E-state index in [2.05, 4.69) is 4.98 Å². The molecule has 0 radical (unpaired) electrons. The van der Waals surface area contributed by atoms with Gasteiger partial charge in [-0.25, -0.2) is 0 Å². The Hall–Kier alpha value is -3.93. The molecule has 0 saturated heterocycles. The van der Waals surface area contributed by atoms with Crippen molar-refractivity contribution in [3.05, 3.63) is 82.0 Å². The van der Waals surface area contributed by atoms with E-state index in [9.17, 15) is 4.79 Å². The summed E-state index contributed by atoms with van der Waals surface area (Å²) in [5.74, 6) is 2.81. The standard InChI is InChI=1S/C24H17NO5/c26-24-16-3-1-2-4-18(16)25-23(15-6-8-20-22(11-15)30-13-28-20)17(24)9-14-5-7-19-21(10-14)29-12-27-19/h1-8,10-11H,9,12-13H2,(H,25,26). The van der Waals surface area contributed by atoms with Crippen molar-refractivity contribution in [2.24, 2.45) is 0 Å². The lowest BCUT2D eigenvalue weighted by Gasteiger charge is -2.13. The summed E-state index contributed by atoms with van der Waals surface area (Å²) >= 11 is 0. The van der Waals surface area contributed by atoms with E-state index in [1.54, 1.807) is 0 Å². The minimum Gasteiger partial charge on any atom is -0.454 e. The van der Waals surface area contributed by atoms with E-state index >= 15 is 0 Å². The fourth-order valence-electron chi connectivity index (χ4n) is 4.00. The minimum atomic E-state index is 0.00897. The molecule has 1 aromatic heterocycles. The fourth-order valence-corrected chi connectivity index (χ4v) is 4.00. The number of benzene rings is 3. The van der Waals surface area contributed by atoms with Gasteiger partial charge in [0, 0.05) is 28.5 Å². The van der Waals surface area contributed by atoms with Crippen molar-refractivity contribution in [3.8, 4) is 34.3 Å². The summed E-state index contributed by atoms with van der Waals surface area (Å²) in [6.07, 6.45) is 0.459. The molecule has 0 amide bonds. The van der Waals surface area contributed by atoms with Crippen LogP contribution in [0.4, 0.5) is 0 Å². The molecule has 0 saturated carbocycles. The molecule has 3 aromatic carbocycles. The van der Waals surface area contributed by atoms with Crippen LogP contribution in [0.3, 0.4) is 0 Å². The molecule has 0 aliphatic carbocycles. The van der Waals surface area contributed by atoms with Crippen molar-refractivity contribution >= 4 is 10.9 Å². The molecular formula is C24H17NO5. The number of nitrogens with one attached hydrogen (secondary N) is 1. The molecular weight excluding hydrogens is 382 g/mol. The van der Waals surface area contributed by atoms with Gasteiger partial charge in [0.25, 0.3) is 0 Å². The summed E-state index contributed by atoms with van der Waals surface area (Å²) in [5.41, 5.74) is 4.11. The first-order chi connectivity index (χ1) is 14.8. The van der Waals surface area contributed by atoms with E-state index in [-0.39, 0.29) is 19.0 Å². The van der Waals surface area contributed by atoms with E-state index in [0.29, 0.717) is 34.6 Å². The highest BCUT2D eigenvalue weighted by Gasteiger charge is 2.20.